The summed E-state index contributed by atoms with van der Waals surface area (Å²) in [5.74, 6) is 1.67. The highest BCUT2D eigenvalue weighted by molar-refractivity contribution is 5.61. The van der Waals surface area contributed by atoms with E-state index in [0.29, 0.717) is 18.0 Å². The van der Waals surface area contributed by atoms with E-state index >= 15 is 0 Å². The molecule has 0 bridgehead atoms. The lowest BCUT2D eigenvalue weighted by Crippen LogP contribution is -2.22. The van der Waals surface area contributed by atoms with E-state index in [1.54, 1.807) is 0 Å². The fourth-order valence-electron chi connectivity index (χ4n) is 2.46. The molecular formula is C17H20N2O2. The largest absolute Gasteiger partial charge is 0.487 e. The highest BCUT2D eigenvalue weighted by Crippen LogP contribution is 2.30. The van der Waals surface area contributed by atoms with Crippen molar-refractivity contribution < 1.29 is 9.47 Å². The maximum Gasteiger partial charge on any atom is 0.144 e. The van der Waals surface area contributed by atoms with E-state index < -0.39 is 0 Å². The van der Waals surface area contributed by atoms with Gasteiger partial charge < -0.3 is 20.1 Å². The minimum atomic E-state index is 0.0461. The van der Waals surface area contributed by atoms with E-state index in [0.717, 1.165) is 17.9 Å². The third kappa shape index (κ3) is 2.89. The first kappa shape index (κ1) is 13.6. The molecule has 1 aliphatic heterocycles. The summed E-state index contributed by atoms with van der Waals surface area (Å²) in [7, 11) is 3.98. The molecule has 21 heavy (non-hydrogen) atoms. The van der Waals surface area contributed by atoms with Gasteiger partial charge in [-0.2, -0.15) is 0 Å². The molecule has 1 atom stereocenters. The molecule has 4 nitrogen and oxygen atoms in total. The number of benzene rings is 2. The number of hydrogen-bond acceptors (Lipinski definition) is 4. The predicted octanol–water partition coefficient (Wildman–Crippen LogP) is 2.72. The van der Waals surface area contributed by atoms with Crippen molar-refractivity contribution in [2.24, 2.45) is 0 Å². The number of hydrogen-bond donors (Lipinski definition) is 1. The lowest BCUT2D eigenvalue weighted by molar-refractivity contribution is 0.149. The van der Waals surface area contributed by atoms with Crippen LogP contribution in [0.25, 0.3) is 0 Å². The van der Waals surface area contributed by atoms with Crippen LogP contribution < -0.4 is 20.1 Å². The summed E-state index contributed by atoms with van der Waals surface area (Å²) in [5.41, 5.74) is 8.93. The topological polar surface area (TPSA) is 47.7 Å². The molecule has 0 fully saturated rings. The molecule has 1 aliphatic rings. The van der Waals surface area contributed by atoms with Crippen molar-refractivity contribution in [3.63, 3.8) is 0 Å². The van der Waals surface area contributed by atoms with Crippen LogP contribution in [0, 0.1) is 0 Å². The van der Waals surface area contributed by atoms with E-state index in [2.05, 4.69) is 6.07 Å². The van der Waals surface area contributed by atoms with Crippen LogP contribution in [0.15, 0.2) is 42.5 Å². The van der Waals surface area contributed by atoms with Gasteiger partial charge in [0, 0.05) is 32.3 Å². The van der Waals surface area contributed by atoms with Crippen molar-refractivity contribution in [2.75, 3.05) is 31.3 Å². The van der Waals surface area contributed by atoms with E-state index in [-0.39, 0.29) is 6.10 Å². The van der Waals surface area contributed by atoms with Gasteiger partial charge in [0.05, 0.1) is 5.69 Å². The summed E-state index contributed by atoms with van der Waals surface area (Å²) in [4.78, 5) is 2.02. The normalized spacial score (nSPS) is 16.2. The minimum absolute atomic E-state index is 0.0461. The molecule has 0 saturated carbocycles. The second kappa shape index (κ2) is 5.56. The Kier molecular flexibility index (Phi) is 3.60. The van der Waals surface area contributed by atoms with Gasteiger partial charge in [-0.25, -0.2) is 0 Å². The number of nitrogen functional groups attached to an aromatic ring is 1. The summed E-state index contributed by atoms with van der Waals surface area (Å²) in [6.07, 6.45) is 0.925. The molecule has 2 aromatic rings. The average Bonchev–Trinajstić information content (AvgIpc) is 2.89. The Morgan fingerprint density at radius 1 is 1.24 bits per heavy atom. The highest BCUT2D eigenvalue weighted by Gasteiger charge is 2.23. The summed E-state index contributed by atoms with van der Waals surface area (Å²) >= 11 is 0. The van der Waals surface area contributed by atoms with Crippen molar-refractivity contribution in [2.45, 2.75) is 12.5 Å². The molecule has 1 heterocycles. The number of rotatable bonds is 4. The van der Waals surface area contributed by atoms with Crippen LogP contribution in [0.1, 0.15) is 5.56 Å². The molecule has 110 valence electrons. The molecule has 2 N–H and O–H groups in total. The van der Waals surface area contributed by atoms with Crippen LogP contribution >= 0.6 is 0 Å². The lowest BCUT2D eigenvalue weighted by Gasteiger charge is -2.17. The zero-order valence-corrected chi connectivity index (χ0v) is 12.4. The van der Waals surface area contributed by atoms with Crippen molar-refractivity contribution in [1.82, 2.24) is 0 Å². The Balaban J connectivity index is 1.65. The number of para-hydroxylation sites is 1. The van der Waals surface area contributed by atoms with Gasteiger partial charge in [0.15, 0.2) is 0 Å². The van der Waals surface area contributed by atoms with E-state index in [4.69, 9.17) is 15.2 Å². The first-order chi connectivity index (χ1) is 10.1. The van der Waals surface area contributed by atoms with E-state index in [9.17, 15) is 0 Å². The first-order valence-electron chi connectivity index (χ1n) is 7.07. The molecule has 2 aromatic carbocycles. The van der Waals surface area contributed by atoms with Gasteiger partial charge in [0.25, 0.3) is 0 Å². The van der Waals surface area contributed by atoms with Crippen LogP contribution in [0.2, 0.25) is 0 Å². The van der Waals surface area contributed by atoms with Crippen LogP contribution in [-0.2, 0) is 6.42 Å². The van der Waals surface area contributed by atoms with Crippen molar-refractivity contribution >= 4 is 11.4 Å². The van der Waals surface area contributed by atoms with Crippen molar-refractivity contribution in [3.8, 4) is 11.5 Å². The second-order valence-electron chi connectivity index (χ2n) is 5.48. The lowest BCUT2D eigenvalue weighted by atomic mass is 10.1. The maximum absolute atomic E-state index is 5.97. The first-order valence-corrected chi connectivity index (χ1v) is 7.07. The van der Waals surface area contributed by atoms with Crippen molar-refractivity contribution in [1.29, 1.82) is 0 Å². The second-order valence-corrected chi connectivity index (χ2v) is 5.48. The number of nitrogens with zero attached hydrogens (tertiary/aromatic N) is 1. The van der Waals surface area contributed by atoms with Gasteiger partial charge in [-0.05, 0) is 23.8 Å². The molecule has 3 rings (SSSR count). The SMILES string of the molecule is CN(C)c1ccc(N)c(OCC2Cc3ccccc3O2)c1. The number of anilines is 2. The quantitative estimate of drug-likeness (QED) is 0.877. The molecular weight excluding hydrogens is 264 g/mol. The highest BCUT2D eigenvalue weighted by atomic mass is 16.5. The predicted molar refractivity (Wildman–Crippen MR) is 85.2 cm³/mol. The number of fused-ring (bicyclic) bond motifs is 1. The summed E-state index contributed by atoms with van der Waals surface area (Å²) in [6.45, 7) is 0.496. The Morgan fingerprint density at radius 3 is 2.81 bits per heavy atom. The number of ether oxygens (including phenoxy) is 2. The van der Waals surface area contributed by atoms with Gasteiger partial charge in [-0.3, -0.25) is 0 Å². The fourth-order valence-corrected chi connectivity index (χ4v) is 2.46. The van der Waals surface area contributed by atoms with Gasteiger partial charge in [-0.1, -0.05) is 18.2 Å². The summed E-state index contributed by atoms with van der Waals surface area (Å²) in [6, 6.07) is 13.9. The maximum atomic E-state index is 5.97. The van der Waals surface area contributed by atoms with Gasteiger partial charge >= 0.3 is 0 Å². The summed E-state index contributed by atoms with van der Waals surface area (Å²) < 4.78 is 11.7. The van der Waals surface area contributed by atoms with Crippen LogP contribution in [-0.4, -0.2) is 26.8 Å². The molecule has 0 amide bonds. The van der Waals surface area contributed by atoms with Gasteiger partial charge in [0.2, 0.25) is 0 Å². The molecule has 0 saturated heterocycles. The Bertz CT molecular complexity index is 615. The monoisotopic (exact) mass is 284 g/mol. The van der Waals surface area contributed by atoms with Crippen molar-refractivity contribution in [3.05, 3.63) is 48.0 Å². The molecule has 4 heteroatoms. The average molecular weight is 284 g/mol. The zero-order valence-electron chi connectivity index (χ0n) is 12.4. The molecule has 0 aromatic heterocycles. The van der Waals surface area contributed by atoms with E-state index in [1.165, 1.54) is 5.56 Å². The Morgan fingerprint density at radius 2 is 2.05 bits per heavy atom. The smallest absolute Gasteiger partial charge is 0.144 e. The van der Waals surface area contributed by atoms with Crippen LogP contribution in [0.4, 0.5) is 11.4 Å². The molecule has 0 spiro atoms. The van der Waals surface area contributed by atoms with Crippen LogP contribution in [0.3, 0.4) is 0 Å². The molecule has 0 radical (unpaired) electrons. The third-order valence-electron chi connectivity index (χ3n) is 3.65. The van der Waals surface area contributed by atoms with E-state index in [1.807, 2.05) is 55.4 Å². The standard InChI is InChI=1S/C17H20N2O2/c1-19(2)13-7-8-15(18)17(10-13)20-11-14-9-12-5-3-4-6-16(12)21-14/h3-8,10,14H,9,11,18H2,1-2H3. The van der Waals surface area contributed by atoms with Crippen LogP contribution in [0.5, 0.6) is 11.5 Å². The number of nitrogens with two attached hydrogens (primary N) is 1. The minimum Gasteiger partial charge on any atom is -0.487 e. The Labute approximate surface area is 125 Å². The molecule has 0 aliphatic carbocycles. The summed E-state index contributed by atoms with van der Waals surface area (Å²) in [5, 5.41) is 0. The molecule has 1 unspecified atom stereocenters. The fraction of sp³-hybridized carbons (Fsp3) is 0.294. The van der Waals surface area contributed by atoms with Gasteiger partial charge in [-0.15, -0.1) is 0 Å². The van der Waals surface area contributed by atoms with Gasteiger partial charge in [0.1, 0.15) is 24.2 Å². The zero-order chi connectivity index (χ0) is 14.8. The Hall–Kier alpha value is -2.36. The third-order valence-corrected chi connectivity index (χ3v) is 3.65.